The SMILES string of the molecule is CCO[C@@H]1C[C@@H](O)C12CCN(S(=O)(=O)c1c(C)nn(C)c1C)CC2. The van der Waals surface area contributed by atoms with Gasteiger partial charge < -0.3 is 9.84 Å². The molecule has 1 aromatic rings. The fourth-order valence-corrected chi connectivity index (χ4v) is 6.06. The molecule has 2 fully saturated rings. The monoisotopic (exact) mass is 357 g/mol. The summed E-state index contributed by atoms with van der Waals surface area (Å²) in [5.74, 6) is 0. The average Bonchev–Trinajstić information content (AvgIpc) is 2.80. The quantitative estimate of drug-likeness (QED) is 0.868. The molecule has 2 atom stereocenters. The van der Waals surface area contributed by atoms with Gasteiger partial charge in [0, 0.05) is 38.6 Å². The van der Waals surface area contributed by atoms with Crippen LogP contribution < -0.4 is 0 Å². The summed E-state index contributed by atoms with van der Waals surface area (Å²) in [4.78, 5) is 0.316. The number of aliphatic hydroxyl groups is 1. The summed E-state index contributed by atoms with van der Waals surface area (Å²) in [6, 6.07) is 0. The van der Waals surface area contributed by atoms with E-state index in [4.69, 9.17) is 4.74 Å². The molecule has 0 amide bonds. The lowest BCUT2D eigenvalue weighted by atomic mass is 9.58. The highest BCUT2D eigenvalue weighted by molar-refractivity contribution is 7.89. The number of hydrogen-bond acceptors (Lipinski definition) is 5. The minimum Gasteiger partial charge on any atom is -0.392 e. The van der Waals surface area contributed by atoms with Crippen LogP contribution in [-0.2, 0) is 21.8 Å². The Bertz CT molecular complexity index is 718. The maximum absolute atomic E-state index is 13.0. The summed E-state index contributed by atoms with van der Waals surface area (Å²) in [7, 11) is -1.80. The van der Waals surface area contributed by atoms with Crippen molar-refractivity contribution < 1.29 is 18.3 Å². The molecule has 0 radical (unpaired) electrons. The molecule has 24 heavy (non-hydrogen) atoms. The first-order valence-electron chi connectivity index (χ1n) is 8.54. The lowest BCUT2D eigenvalue weighted by Gasteiger charge is -2.56. The summed E-state index contributed by atoms with van der Waals surface area (Å²) in [6.07, 6.45) is 1.58. The Balaban J connectivity index is 1.79. The van der Waals surface area contributed by atoms with E-state index < -0.39 is 10.0 Å². The highest BCUT2D eigenvalue weighted by Gasteiger charge is 2.57. The molecule has 7 nitrogen and oxygen atoms in total. The van der Waals surface area contributed by atoms with Crippen molar-refractivity contribution in [2.24, 2.45) is 12.5 Å². The lowest BCUT2D eigenvalue weighted by molar-refractivity contribution is -0.205. The van der Waals surface area contributed by atoms with Gasteiger partial charge in [-0.2, -0.15) is 9.40 Å². The zero-order valence-corrected chi connectivity index (χ0v) is 15.6. The zero-order chi connectivity index (χ0) is 17.7. The average molecular weight is 357 g/mol. The van der Waals surface area contributed by atoms with E-state index in [9.17, 15) is 13.5 Å². The second-order valence-electron chi connectivity index (χ2n) is 6.96. The topological polar surface area (TPSA) is 84.7 Å². The molecule has 136 valence electrons. The fraction of sp³-hybridized carbons (Fsp3) is 0.812. The third kappa shape index (κ3) is 2.51. The smallest absolute Gasteiger partial charge is 0.246 e. The molecule has 1 saturated carbocycles. The van der Waals surface area contributed by atoms with E-state index in [0.29, 0.717) is 55.2 Å². The third-order valence-electron chi connectivity index (χ3n) is 5.80. The first-order valence-corrected chi connectivity index (χ1v) is 9.98. The number of nitrogens with zero attached hydrogens (tertiary/aromatic N) is 3. The molecule has 0 bridgehead atoms. The van der Waals surface area contributed by atoms with Gasteiger partial charge in [-0.25, -0.2) is 8.42 Å². The van der Waals surface area contributed by atoms with Gasteiger partial charge in [0.2, 0.25) is 10.0 Å². The number of aromatic nitrogens is 2. The number of aliphatic hydroxyl groups excluding tert-OH is 1. The first-order chi connectivity index (χ1) is 11.2. The maximum atomic E-state index is 13.0. The second-order valence-corrected chi connectivity index (χ2v) is 8.83. The summed E-state index contributed by atoms with van der Waals surface area (Å²) in [5, 5.41) is 14.5. The molecule has 1 spiro atoms. The van der Waals surface area contributed by atoms with Gasteiger partial charge in [0.05, 0.1) is 23.6 Å². The van der Waals surface area contributed by atoms with Crippen LogP contribution in [0.1, 0.15) is 37.6 Å². The van der Waals surface area contributed by atoms with Crippen LogP contribution in [0.5, 0.6) is 0 Å². The summed E-state index contributed by atoms with van der Waals surface area (Å²) >= 11 is 0. The van der Waals surface area contributed by atoms with Crippen molar-refractivity contribution in [3.63, 3.8) is 0 Å². The van der Waals surface area contributed by atoms with Crippen LogP contribution in [0.15, 0.2) is 4.90 Å². The minimum atomic E-state index is -3.56. The first kappa shape index (κ1) is 17.8. The fourth-order valence-electron chi connectivity index (χ4n) is 4.22. The Labute approximate surface area is 143 Å². The normalized spacial score (nSPS) is 27.4. The van der Waals surface area contributed by atoms with Crippen LogP contribution in [0.25, 0.3) is 0 Å². The van der Waals surface area contributed by atoms with Crippen molar-refractivity contribution in [1.29, 1.82) is 0 Å². The van der Waals surface area contributed by atoms with E-state index in [-0.39, 0.29) is 17.6 Å². The Morgan fingerprint density at radius 3 is 2.42 bits per heavy atom. The van der Waals surface area contributed by atoms with Crippen LogP contribution >= 0.6 is 0 Å². The van der Waals surface area contributed by atoms with Crippen molar-refractivity contribution in [2.75, 3.05) is 19.7 Å². The Morgan fingerprint density at radius 1 is 1.33 bits per heavy atom. The van der Waals surface area contributed by atoms with Gasteiger partial charge in [-0.1, -0.05) is 0 Å². The Hall–Kier alpha value is -0.960. The predicted molar refractivity (Wildman–Crippen MR) is 89.1 cm³/mol. The molecule has 0 aromatic carbocycles. The molecule has 1 saturated heterocycles. The van der Waals surface area contributed by atoms with E-state index >= 15 is 0 Å². The van der Waals surface area contributed by atoms with Crippen LogP contribution in [0.4, 0.5) is 0 Å². The standard InChI is InChI=1S/C16H27N3O4S/c1-5-23-14-10-13(20)16(14)6-8-19(9-7-16)24(21,22)15-11(2)17-18(4)12(15)3/h13-14,20H,5-10H2,1-4H3/t13-,14-/m1/s1. The zero-order valence-electron chi connectivity index (χ0n) is 14.8. The molecule has 1 aliphatic carbocycles. The highest BCUT2D eigenvalue weighted by Crippen LogP contribution is 2.51. The van der Waals surface area contributed by atoms with Crippen LogP contribution in [0.3, 0.4) is 0 Å². The number of sulfonamides is 1. The Kier molecular flexibility index (Phi) is 4.53. The van der Waals surface area contributed by atoms with Crippen molar-refractivity contribution in [1.82, 2.24) is 14.1 Å². The molecule has 1 N–H and O–H groups in total. The third-order valence-corrected chi connectivity index (χ3v) is 7.96. The van der Waals surface area contributed by atoms with E-state index in [0.717, 1.165) is 0 Å². The largest absolute Gasteiger partial charge is 0.392 e. The van der Waals surface area contributed by atoms with Gasteiger partial charge in [0.15, 0.2) is 0 Å². The summed E-state index contributed by atoms with van der Waals surface area (Å²) in [5.41, 5.74) is 0.913. The van der Waals surface area contributed by atoms with Gasteiger partial charge >= 0.3 is 0 Å². The highest BCUT2D eigenvalue weighted by atomic mass is 32.2. The molecule has 2 heterocycles. The van der Waals surface area contributed by atoms with E-state index in [1.54, 1.807) is 25.6 Å². The number of rotatable bonds is 4. The molecular formula is C16H27N3O4S. The number of aryl methyl sites for hydroxylation is 2. The number of hydrogen-bond donors (Lipinski definition) is 1. The minimum absolute atomic E-state index is 0.0456. The number of piperidine rings is 1. The summed E-state index contributed by atoms with van der Waals surface area (Å²) < 4.78 is 34.9. The molecule has 3 rings (SSSR count). The van der Waals surface area contributed by atoms with E-state index in [1.807, 2.05) is 6.92 Å². The lowest BCUT2D eigenvalue weighted by Crippen LogP contribution is -2.62. The predicted octanol–water partition coefficient (Wildman–Crippen LogP) is 0.978. The second kappa shape index (κ2) is 6.09. The molecule has 1 aliphatic heterocycles. The van der Waals surface area contributed by atoms with Gasteiger partial charge in [0.1, 0.15) is 4.90 Å². The van der Waals surface area contributed by atoms with Crippen molar-refractivity contribution in [3.05, 3.63) is 11.4 Å². The molecular weight excluding hydrogens is 330 g/mol. The van der Waals surface area contributed by atoms with Crippen molar-refractivity contribution >= 4 is 10.0 Å². The van der Waals surface area contributed by atoms with Crippen LogP contribution in [0.2, 0.25) is 0 Å². The van der Waals surface area contributed by atoms with Gasteiger partial charge in [-0.05, 0) is 33.6 Å². The number of ether oxygens (including phenoxy) is 1. The van der Waals surface area contributed by atoms with Gasteiger partial charge in [0.25, 0.3) is 0 Å². The summed E-state index contributed by atoms with van der Waals surface area (Å²) in [6.45, 7) is 6.90. The van der Waals surface area contributed by atoms with E-state index in [1.165, 1.54) is 4.31 Å². The van der Waals surface area contributed by atoms with Crippen molar-refractivity contribution in [2.45, 2.75) is 57.1 Å². The van der Waals surface area contributed by atoms with Gasteiger partial charge in [-0.15, -0.1) is 0 Å². The van der Waals surface area contributed by atoms with Crippen LogP contribution in [-0.4, -0.2) is 59.5 Å². The van der Waals surface area contributed by atoms with Crippen molar-refractivity contribution in [3.8, 4) is 0 Å². The molecule has 0 unspecified atom stereocenters. The molecule has 8 heteroatoms. The molecule has 1 aromatic heterocycles. The van der Waals surface area contributed by atoms with E-state index in [2.05, 4.69) is 5.10 Å². The molecule has 2 aliphatic rings. The Morgan fingerprint density at radius 2 is 1.96 bits per heavy atom. The van der Waals surface area contributed by atoms with Gasteiger partial charge in [-0.3, -0.25) is 4.68 Å². The maximum Gasteiger partial charge on any atom is 0.246 e. The van der Waals surface area contributed by atoms with Crippen LogP contribution in [0, 0.1) is 19.3 Å².